The standard InChI is InChI=1S/C33H37N3O2SSi/c1-32(2,3)40(4,5)36-30(38)28(29(37)27-21-22-34-23-35-27)31(36)39-33(24-15-9-6-10-16-24,25-17-11-7-12-18-25)26-19-13-8-14-20-26/h6-23,28-29,31,37H,1-5H3. The van der Waals surface area contributed by atoms with Gasteiger partial charge in [-0.25, -0.2) is 9.97 Å². The average molecular weight is 568 g/mol. The molecule has 1 amide bonds. The first-order chi connectivity index (χ1) is 19.1. The van der Waals surface area contributed by atoms with Crippen LogP contribution in [0.5, 0.6) is 0 Å². The minimum atomic E-state index is -2.32. The van der Waals surface area contributed by atoms with E-state index in [0.717, 1.165) is 16.7 Å². The number of amides is 1. The van der Waals surface area contributed by atoms with Gasteiger partial charge in [0.2, 0.25) is 5.91 Å². The van der Waals surface area contributed by atoms with Crippen molar-refractivity contribution in [2.45, 2.75) is 55.1 Å². The first-order valence-corrected chi connectivity index (χ1v) is 17.5. The Morgan fingerprint density at radius 2 is 1.30 bits per heavy atom. The van der Waals surface area contributed by atoms with Crippen LogP contribution in [0.2, 0.25) is 18.1 Å². The Hall–Kier alpha value is -3.26. The summed E-state index contributed by atoms with van der Waals surface area (Å²) in [5.74, 6) is -0.636. The Morgan fingerprint density at radius 3 is 1.70 bits per heavy atom. The molecule has 0 radical (unpaired) electrons. The second-order valence-corrected chi connectivity index (χ2v) is 18.3. The number of β-lactam (4-membered cyclic amide) rings is 1. The van der Waals surface area contributed by atoms with Gasteiger partial charge in [0.25, 0.3) is 0 Å². The highest BCUT2D eigenvalue weighted by Gasteiger charge is 2.62. The maximum Gasteiger partial charge on any atom is 0.224 e. The van der Waals surface area contributed by atoms with E-state index in [0.29, 0.717) is 5.69 Å². The molecule has 1 N–H and O–H groups in total. The summed E-state index contributed by atoms with van der Waals surface area (Å²) in [4.78, 5) is 22.5. The van der Waals surface area contributed by atoms with Gasteiger partial charge in [0, 0.05) is 6.20 Å². The van der Waals surface area contributed by atoms with Crippen molar-refractivity contribution in [3.63, 3.8) is 0 Å². The molecule has 5 nitrogen and oxygen atoms in total. The van der Waals surface area contributed by atoms with Crippen molar-refractivity contribution >= 4 is 25.9 Å². The lowest BCUT2D eigenvalue weighted by atomic mass is 9.84. The van der Waals surface area contributed by atoms with Gasteiger partial charge in [-0.1, -0.05) is 125 Å². The van der Waals surface area contributed by atoms with Crippen LogP contribution >= 0.6 is 11.8 Å². The van der Waals surface area contributed by atoms with E-state index in [4.69, 9.17) is 0 Å². The second kappa shape index (κ2) is 11.0. The summed E-state index contributed by atoms with van der Waals surface area (Å²) in [7, 11) is -2.32. The maximum atomic E-state index is 14.1. The van der Waals surface area contributed by atoms with Crippen LogP contribution in [0.25, 0.3) is 0 Å². The highest BCUT2D eigenvalue weighted by molar-refractivity contribution is 8.01. The highest BCUT2D eigenvalue weighted by atomic mass is 32.2. The van der Waals surface area contributed by atoms with Crippen molar-refractivity contribution in [1.29, 1.82) is 0 Å². The lowest BCUT2D eigenvalue weighted by Crippen LogP contribution is -2.73. The molecule has 206 valence electrons. The predicted molar refractivity (Wildman–Crippen MR) is 165 cm³/mol. The van der Waals surface area contributed by atoms with Crippen molar-refractivity contribution in [2.24, 2.45) is 5.92 Å². The topological polar surface area (TPSA) is 66.3 Å². The zero-order valence-corrected chi connectivity index (χ0v) is 25.5. The zero-order valence-electron chi connectivity index (χ0n) is 23.7. The number of carbonyl (C=O) groups is 1. The summed E-state index contributed by atoms with van der Waals surface area (Å²) >= 11 is 1.76. The molecule has 1 aromatic heterocycles. The minimum Gasteiger partial charge on any atom is -0.386 e. The summed E-state index contributed by atoms with van der Waals surface area (Å²) in [6.45, 7) is 11.2. The van der Waals surface area contributed by atoms with Crippen molar-refractivity contribution in [3.8, 4) is 0 Å². The average Bonchev–Trinajstić information content (AvgIpc) is 2.96. The molecule has 3 unspecified atom stereocenters. The quantitative estimate of drug-likeness (QED) is 0.141. The minimum absolute atomic E-state index is 0.00158. The number of rotatable bonds is 8. The number of benzene rings is 3. The van der Waals surface area contributed by atoms with E-state index in [9.17, 15) is 9.90 Å². The predicted octanol–water partition coefficient (Wildman–Crippen LogP) is 7.03. The molecule has 0 bridgehead atoms. The molecule has 1 saturated heterocycles. The molecule has 2 heterocycles. The Labute approximate surface area is 242 Å². The van der Waals surface area contributed by atoms with Crippen LogP contribution in [0.4, 0.5) is 0 Å². The van der Waals surface area contributed by atoms with Gasteiger partial charge in [-0.3, -0.25) is 4.79 Å². The fraction of sp³-hybridized carbons (Fsp3) is 0.303. The van der Waals surface area contributed by atoms with Gasteiger partial charge in [-0.05, 0) is 27.8 Å². The largest absolute Gasteiger partial charge is 0.386 e. The third-order valence-electron chi connectivity index (χ3n) is 8.61. The molecule has 4 aromatic rings. The summed E-state index contributed by atoms with van der Waals surface area (Å²) < 4.78 is 1.51. The first kappa shape index (κ1) is 28.3. The molecule has 0 spiro atoms. The number of hydrogen-bond donors (Lipinski definition) is 1. The number of nitrogens with zero attached hydrogens (tertiary/aromatic N) is 3. The van der Waals surface area contributed by atoms with E-state index < -0.39 is 25.0 Å². The number of thioether (sulfide) groups is 1. The highest BCUT2D eigenvalue weighted by Crippen LogP contribution is 2.58. The second-order valence-electron chi connectivity index (χ2n) is 11.9. The van der Waals surface area contributed by atoms with Gasteiger partial charge in [-0.2, -0.15) is 0 Å². The molecule has 5 rings (SSSR count). The fourth-order valence-electron chi connectivity index (χ4n) is 5.42. The van der Waals surface area contributed by atoms with Crippen LogP contribution < -0.4 is 0 Å². The van der Waals surface area contributed by atoms with Gasteiger partial charge in [0.15, 0.2) is 8.24 Å². The molecule has 40 heavy (non-hydrogen) atoms. The summed E-state index contributed by atoms with van der Waals surface area (Å²) in [5.41, 5.74) is 3.85. The Kier molecular flexibility index (Phi) is 7.74. The third kappa shape index (κ3) is 4.80. The van der Waals surface area contributed by atoms with Crippen LogP contribution in [0.15, 0.2) is 110 Å². The molecule has 0 aliphatic carbocycles. The molecule has 0 saturated carbocycles. The molecule has 1 fully saturated rings. The van der Waals surface area contributed by atoms with E-state index in [1.807, 2.05) is 18.2 Å². The van der Waals surface area contributed by atoms with Gasteiger partial charge < -0.3 is 9.67 Å². The number of aliphatic hydroxyl groups is 1. The van der Waals surface area contributed by atoms with Crippen molar-refractivity contribution in [2.75, 3.05) is 0 Å². The van der Waals surface area contributed by atoms with E-state index in [-0.39, 0.29) is 16.3 Å². The smallest absolute Gasteiger partial charge is 0.224 e. The molecule has 1 aliphatic heterocycles. The number of hydrogen-bond acceptors (Lipinski definition) is 5. The van der Waals surface area contributed by atoms with Crippen molar-refractivity contribution < 1.29 is 9.90 Å². The molecular weight excluding hydrogens is 531 g/mol. The summed E-state index contributed by atoms with van der Waals surface area (Å²) in [6.07, 6.45) is 2.01. The lowest BCUT2D eigenvalue weighted by Gasteiger charge is -2.60. The lowest BCUT2D eigenvalue weighted by molar-refractivity contribution is -0.150. The van der Waals surface area contributed by atoms with Crippen molar-refractivity contribution in [1.82, 2.24) is 14.5 Å². The van der Waals surface area contributed by atoms with Crippen LogP contribution in [0.1, 0.15) is 49.3 Å². The van der Waals surface area contributed by atoms with E-state index in [1.165, 1.54) is 6.33 Å². The zero-order chi connectivity index (χ0) is 28.5. The molecule has 1 aliphatic rings. The van der Waals surface area contributed by atoms with E-state index >= 15 is 0 Å². The van der Waals surface area contributed by atoms with Crippen LogP contribution in [0, 0.1) is 5.92 Å². The molecule has 3 atom stereocenters. The molecule has 7 heteroatoms. The number of aliphatic hydroxyl groups excluding tert-OH is 1. The van der Waals surface area contributed by atoms with Crippen LogP contribution in [-0.4, -0.2) is 39.2 Å². The Balaban J connectivity index is 1.73. The summed E-state index contributed by atoms with van der Waals surface area (Å²) in [5, 5.41) is 11.3. The van der Waals surface area contributed by atoms with Gasteiger partial charge in [0.05, 0.1) is 21.7 Å². The SMILES string of the molecule is CC(C)(C)[Si](C)(C)N1C(=O)C(C(O)c2ccncn2)C1SC(c1ccccc1)(c1ccccc1)c1ccccc1. The van der Waals surface area contributed by atoms with Gasteiger partial charge >= 0.3 is 0 Å². The van der Waals surface area contributed by atoms with Crippen LogP contribution in [-0.2, 0) is 9.54 Å². The monoisotopic (exact) mass is 567 g/mol. The molecule has 3 aromatic carbocycles. The summed E-state index contributed by atoms with van der Waals surface area (Å²) in [6, 6.07) is 33.2. The first-order valence-electron chi connectivity index (χ1n) is 13.7. The maximum absolute atomic E-state index is 14.1. The number of carbonyl (C=O) groups excluding carboxylic acids is 1. The molecular formula is C33H37N3O2SSi. The Morgan fingerprint density at radius 1 is 0.825 bits per heavy atom. The third-order valence-corrected chi connectivity index (χ3v) is 16.0. The van der Waals surface area contributed by atoms with Crippen molar-refractivity contribution in [3.05, 3.63) is 132 Å². The van der Waals surface area contributed by atoms with E-state index in [2.05, 4.69) is 121 Å². The van der Waals surface area contributed by atoms with E-state index in [1.54, 1.807) is 24.0 Å². The fourth-order valence-corrected chi connectivity index (χ4v) is 10.4. The number of aromatic nitrogens is 2. The van der Waals surface area contributed by atoms with Gasteiger partial charge in [-0.15, -0.1) is 11.8 Å². The normalized spacial score (nSPS) is 18.8. The van der Waals surface area contributed by atoms with Gasteiger partial charge in [0.1, 0.15) is 12.4 Å². The van der Waals surface area contributed by atoms with Crippen LogP contribution in [0.3, 0.4) is 0 Å². The Bertz CT molecular complexity index is 1330.